The van der Waals surface area contributed by atoms with Crippen LogP contribution >= 0.6 is 11.6 Å². The maximum Gasteiger partial charge on any atom is 0.248 e. The van der Waals surface area contributed by atoms with Crippen LogP contribution in [-0.4, -0.2) is 10.9 Å². The van der Waals surface area contributed by atoms with Gasteiger partial charge in [-0.3, -0.25) is 4.79 Å². The lowest BCUT2D eigenvalue weighted by molar-refractivity contribution is 1.13. The Balaban J connectivity index is 2.83. The Kier molecular flexibility index (Phi) is 3.77. The first-order valence-corrected chi connectivity index (χ1v) is 4.70. The largest absolute Gasteiger partial charge is 0.326 e. The van der Waals surface area contributed by atoms with Gasteiger partial charge in [0.25, 0.3) is 0 Å². The highest BCUT2D eigenvalue weighted by atomic mass is 35.5. The monoisotopic (exact) mass is 197 g/mol. The van der Waals surface area contributed by atoms with Crippen molar-refractivity contribution in [2.24, 2.45) is 0 Å². The molecule has 0 aliphatic heterocycles. The predicted octanol–water partition coefficient (Wildman–Crippen LogP) is 2.33. The van der Waals surface area contributed by atoms with Crippen molar-refractivity contribution < 1.29 is 0 Å². The molecule has 0 amide bonds. The molecule has 0 aliphatic carbocycles. The van der Waals surface area contributed by atoms with Crippen molar-refractivity contribution in [2.75, 3.05) is 5.88 Å². The first kappa shape index (κ1) is 10.1. The topological polar surface area (TPSA) is 32.9 Å². The van der Waals surface area contributed by atoms with Gasteiger partial charge < -0.3 is 4.98 Å². The minimum atomic E-state index is -0.0630. The minimum Gasteiger partial charge on any atom is -0.326 e. The Hall–Kier alpha value is -1.02. The molecule has 1 aromatic rings. The number of aromatic nitrogens is 1. The third kappa shape index (κ3) is 3.07. The van der Waals surface area contributed by atoms with Gasteiger partial charge in [0.2, 0.25) is 5.56 Å². The Bertz CT molecular complexity index is 354. The van der Waals surface area contributed by atoms with Gasteiger partial charge in [0.1, 0.15) is 0 Å². The van der Waals surface area contributed by atoms with E-state index in [-0.39, 0.29) is 5.56 Å². The van der Waals surface area contributed by atoms with Gasteiger partial charge >= 0.3 is 0 Å². The summed E-state index contributed by atoms with van der Waals surface area (Å²) in [6.45, 7) is 1.88. The first-order valence-electron chi connectivity index (χ1n) is 4.16. The minimum absolute atomic E-state index is 0.0630. The van der Waals surface area contributed by atoms with Gasteiger partial charge in [-0.2, -0.15) is 0 Å². The van der Waals surface area contributed by atoms with Crippen molar-refractivity contribution in [3.05, 3.63) is 39.8 Å². The maximum absolute atomic E-state index is 10.9. The summed E-state index contributed by atoms with van der Waals surface area (Å²) in [7, 11) is 0. The van der Waals surface area contributed by atoms with E-state index in [1.165, 1.54) is 6.07 Å². The fraction of sp³-hybridized carbons (Fsp3) is 0.300. The van der Waals surface area contributed by atoms with Crippen LogP contribution in [-0.2, 0) is 0 Å². The summed E-state index contributed by atoms with van der Waals surface area (Å²) in [6, 6.07) is 3.33. The number of halogens is 1. The average molecular weight is 198 g/mol. The second-order valence-electron chi connectivity index (χ2n) is 2.78. The zero-order valence-electron chi connectivity index (χ0n) is 7.51. The molecule has 0 atom stereocenters. The first-order chi connectivity index (χ1) is 6.24. The van der Waals surface area contributed by atoms with Gasteiger partial charge in [0, 0.05) is 17.6 Å². The summed E-state index contributed by atoms with van der Waals surface area (Å²) >= 11 is 5.52. The summed E-state index contributed by atoms with van der Waals surface area (Å²) in [4.78, 5) is 13.6. The molecule has 0 saturated carbocycles. The Morgan fingerprint density at radius 2 is 2.31 bits per heavy atom. The summed E-state index contributed by atoms with van der Waals surface area (Å²) in [5.74, 6) is 0.624. The highest BCUT2D eigenvalue weighted by Crippen LogP contribution is 2.04. The van der Waals surface area contributed by atoms with E-state index in [4.69, 9.17) is 11.6 Å². The molecule has 1 N–H and O–H groups in total. The summed E-state index contributed by atoms with van der Waals surface area (Å²) in [5, 5.41) is 0. The summed E-state index contributed by atoms with van der Waals surface area (Å²) in [6.07, 6.45) is 4.81. The molecule has 2 nitrogen and oxygen atoms in total. The molecule has 0 saturated heterocycles. The lowest BCUT2D eigenvalue weighted by Crippen LogP contribution is -2.05. The van der Waals surface area contributed by atoms with Gasteiger partial charge in [0.15, 0.2) is 0 Å². The number of hydrogen-bond donors (Lipinski definition) is 1. The van der Waals surface area contributed by atoms with Crippen LogP contribution in [0.2, 0.25) is 0 Å². The summed E-state index contributed by atoms with van der Waals surface area (Å²) in [5.41, 5.74) is 1.86. The number of hydrogen-bond acceptors (Lipinski definition) is 1. The maximum atomic E-state index is 10.9. The van der Waals surface area contributed by atoms with Gasteiger partial charge in [-0.1, -0.05) is 12.2 Å². The van der Waals surface area contributed by atoms with E-state index in [9.17, 15) is 4.79 Å². The fourth-order valence-corrected chi connectivity index (χ4v) is 1.17. The van der Waals surface area contributed by atoms with Crippen LogP contribution in [0.4, 0.5) is 0 Å². The van der Waals surface area contributed by atoms with E-state index in [0.29, 0.717) is 5.88 Å². The number of nitrogens with one attached hydrogen (secondary N) is 1. The zero-order chi connectivity index (χ0) is 9.68. The predicted molar refractivity (Wildman–Crippen MR) is 56.2 cm³/mol. The lowest BCUT2D eigenvalue weighted by atomic mass is 10.2. The molecular weight excluding hydrogens is 186 g/mol. The van der Waals surface area contributed by atoms with Gasteiger partial charge in [-0.15, -0.1) is 11.6 Å². The molecule has 1 aromatic heterocycles. The van der Waals surface area contributed by atoms with Crippen LogP contribution in [0.25, 0.3) is 6.08 Å². The van der Waals surface area contributed by atoms with Crippen LogP contribution in [0.3, 0.4) is 0 Å². The van der Waals surface area contributed by atoms with Crippen molar-refractivity contribution >= 4 is 17.7 Å². The molecule has 3 heteroatoms. The Morgan fingerprint density at radius 1 is 1.54 bits per heavy atom. The molecular formula is C10H12ClNO. The van der Waals surface area contributed by atoms with Crippen LogP contribution < -0.4 is 5.56 Å². The fourth-order valence-electron chi connectivity index (χ4n) is 1.04. The number of rotatable bonds is 3. The van der Waals surface area contributed by atoms with Gasteiger partial charge in [0.05, 0.1) is 0 Å². The van der Waals surface area contributed by atoms with Crippen LogP contribution in [0.5, 0.6) is 0 Å². The SMILES string of the molecule is Cc1[nH]c(=O)ccc1C=CCCCl. The number of pyridine rings is 1. The molecule has 70 valence electrons. The average Bonchev–Trinajstić information content (AvgIpc) is 2.09. The number of alkyl halides is 1. The quantitative estimate of drug-likeness (QED) is 0.742. The normalized spacial score (nSPS) is 10.9. The highest BCUT2D eigenvalue weighted by Gasteiger charge is 1.92. The molecule has 1 heterocycles. The molecule has 0 aromatic carbocycles. The number of H-pyrrole nitrogens is 1. The van der Waals surface area contributed by atoms with Crippen molar-refractivity contribution in [1.29, 1.82) is 0 Å². The second kappa shape index (κ2) is 4.87. The van der Waals surface area contributed by atoms with Crippen LogP contribution in [0.1, 0.15) is 17.7 Å². The molecule has 0 spiro atoms. The lowest BCUT2D eigenvalue weighted by Gasteiger charge is -1.97. The Morgan fingerprint density at radius 3 is 2.92 bits per heavy atom. The number of aromatic amines is 1. The Labute approximate surface area is 82.3 Å². The van der Waals surface area contributed by atoms with E-state index in [2.05, 4.69) is 4.98 Å². The van der Waals surface area contributed by atoms with E-state index >= 15 is 0 Å². The van der Waals surface area contributed by atoms with Crippen molar-refractivity contribution in [1.82, 2.24) is 4.98 Å². The molecule has 0 bridgehead atoms. The molecule has 13 heavy (non-hydrogen) atoms. The van der Waals surface area contributed by atoms with Crippen LogP contribution in [0, 0.1) is 6.92 Å². The van der Waals surface area contributed by atoms with E-state index in [1.54, 1.807) is 6.07 Å². The summed E-state index contributed by atoms with van der Waals surface area (Å²) < 4.78 is 0. The number of allylic oxidation sites excluding steroid dienone is 1. The zero-order valence-corrected chi connectivity index (χ0v) is 8.27. The third-order valence-corrected chi connectivity index (χ3v) is 1.95. The van der Waals surface area contributed by atoms with E-state index < -0.39 is 0 Å². The second-order valence-corrected chi connectivity index (χ2v) is 3.16. The van der Waals surface area contributed by atoms with Crippen LogP contribution in [0.15, 0.2) is 23.0 Å². The van der Waals surface area contributed by atoms with Crippen molar-refractivity contribution in [2.45, 2.75) is 13.3 Å². The highest BCUT2D eigenvalue weighted by molar-refractivity contribution is 6.17. The van der Waals surface area contributed by atoms with Crippen molar-refractivity contribution in [3.8, 4) is 0 Å². The molecule has 0 aliphatic rings. The van der Waals surface area contributed by atoms with Gasteiger partial charge in [-0.05, 0) is 25.0 Å². The third-order valence-electron chi connectivity index (χ3n) is 1.73. The number of aryl methyl sites for hydroxylation is 1. The van der Waals surface area contributed by atoms with E-state index in [0.717, 1.165) is 17.7 Å². The molecule has 1 rings (SSSR count). The van der Waals surface area contributed by atoms with E-state index in [1.807, 2.05) is 19.1 Å². The standard InChI is InChI=1S/C10H12ClNO/c1-8-9(4-2-3-7-11)5-6-10(13)12-8/h2,4-6H,3,7H2,1H3,(H,12,13). The van der Waals surface area contributed by atoms with Crippen molar-refractivity contribution in [3.63, 3.8) is 0 Å². The molecule has 0 radical (unpaired) electrons. The van der Waals surface area contributed by atoms with Gasteiger partial charge in [-0.25, -0.2) is 0 Å². The smallest absolute Gasteiger partial charge is 0.248 e. The molecule has 0 unspecified atom stereocenters. The molecule has 0 fully saturated rings.